The summed E-state index contributed by atoms with van der Waals surface area (Å²) in [7, 11) is 1.64. The van der Waals surface area contributed by atoms with Crippen LogP contribution in [0.4, 0.5) is 0 Å². The van der Waals surface area contributed by atoms with Gasteiger partial charge in [0.15, 0.2) is 0 Å². The van der Waals surface area contributed by atoms with Gasteiger partial charge in [0.05, 0.1) is 6.61 Å². The largest absolute Gasteiger partial charge is 0.507 e. The summed E-state index contributed by atoms with van der Waals surface area (Å²) < 4.78 is 10.2. The molecule has 0 fully saturated rings. The second kappa shape index (κ2) is 6.73. The highest BCUT2D eigenvalue weighted by atomic mass is 16.5. The smallest absolute Gasteiger partial charge is 0.342 e. The lowest BCUT2D eigenvalue weighted by Crippen LogP contribution is -2.05. The van der Waals surface area contributed by atoms with Gasteiger partial charge < -0.3 is 14.6 Å². The zero-order chi connectivity index (χ0) is 14.4. The molecular weight excluding hydrogens is 256 g/mol. The second-order valence-corrected chi connectivity index (χ2v) is 4.34. The number of benzene rings is 2. The van der Waals surface area contributed by atoms with E-state index in [-0.39, 0.29) is 17.9 Å². The summed E-state index contributed by atoms with van der Waals surface area (Å²) in [6.07, 6.45) is 0. The van der Waals surface area contributed by atoms with Crippen molar-refractivity contribution in [1.29, 1.82) is 0 Å². The van der Waals surface area contributed by atoms with Crippen LogP contribution in [0.5, 0.6) is 5.75 Å². The summed E-state index contributed by atoms with van der Waals surface area (Å²) >= 11 is 0. The molecule has 104 valence electrons. The monoisotopic (exact) mass is 272 g/mol. The van der Waals surface area contributed by atoms with Crippen molar-refractivity contribution in [3.63, 3.8) is 0 Å². The fourth-order valence-electron chi connectivity index (χ4n) is 1.77. The van der Waals surface area contributed by atoms with Crippen molar-refractivity contribution < 1.29 is 19.4 Å². The van der Waals surface area contributed by atoms with Crippen molar-refractivity contribution in [3.05, 3.63) is 65.2 Å². The van der Waals surface area contributed by atoms with Crippen LogP contribution in [0.2, 0.25) is 0 Å². The van der Waals surface area contributed by atoms with Gasteiger partial charge in [-0.1, -0.05) is 36.4 Å². The minimum absolute atomic E-state index is 0.0760. The van der Waals surface area contributed by atoms with Gasteiger partial charge in [0.1, 0.15) is 17.9 Å². The molecule has 0 unspecified atom stereocenters. The molecule has 0 heterocycles. The number of methoxy groups -OCH3 is 1. The average Bonchev–Trinajstić information content (AvgIpc) is 2.47. The zero-order valence-corrected chi connectivity index (χ0v) is 11.2. The first-order valence-electron chi connectivity index (χ1n) is 6.22. The van der Waals surface area contributed by atoms with Crippen LogP contribution >= 0.6 is 0 Å². The molecule has 0 atom stereocenters. The minimum Gasteiger partial charge on any atom is -0.507 e. The molecule has 0 amide bonds. The molecule has 0 bridgehead atoms. The summed E-state index contributed by atoms with van der Waals surface area (Å²) in [5.41, 5.74) is 2.11. The van der Waals surface area contributed by atoms with Gasteiger partial charge in [0.25, 0.3) is 0 Å². The summed E-state index contributed by atoms with van der Waals surface area (Å²) in [6, 6.07) is 13.9. The number of hydrogen-bond acceptors (Lipinski definition) is 4. The third-order valence-electron chi connectivity index (χ3n) is 2.83. The van der Waals surface area contributed by atoms with Gasteiger partial charge in [-0.25, -0.2) is 4.79 Å². The van der Waals surface area contributed by atoms with E-state index >= 15 is 0 Å². The lowest BCUT2D eigenvalue weighted by Gasteiger charge is -2.07. The van der Waals surface area contributed by atoms with Crippen LogP contribution in [-0.2, 0) is 22.7 Å². The maximum atomic E-state index is 11.8. The summed E-state index contributed by atoms with van der Waals surface area (Å²) in [4.78, 5) is 11.8. The standard InChI is InChI=1S/C16H16O4/c1-19-10-12-6-8-13(9-7-12)11-20-16(18)14-4-2-3-5-15(14)17/h2-9,17H,10-11H2,1H3. The number of phenols is 1. The van der Waals surface area contributed by atoms with Crippen LogP contribution in [0.3, 0.4) is 0 Å². The molecule has 2 aromatic carbocycles. The molecule has 0 saturated heterocycles. The summed E-state index contributed by atoms with van der Waals surface area (Å²) in [5, 5.41) is 9.56. The van der Waals surface area contributed by atoms with Crippen molar-refractivity contribution in [1.82, 2.24) is 0 Å². The molecule has 2 aromatic rings. The zero-order valence-electron chi connectivity index (χ0n) is 11.2. The first kappa shape index (κ1) is 14.1. The fourth-order valence-corrected chi connectivity index (χ4v) is 1.77. The van der Waals surface area contributed by atoms with E-state index in [1.54, 1.807) is 19.2 Å². The van der Waals surface area contributed by atoms with Crippen molar-refractivity contribution in [3.8, 4) is 5.75 Å². The van der Waals surface area contributed by atoms with E-state index in [1.165, 1.54) is 12.1 Å². The highest BCUT2D eigenvalue weighted by Crippen LogP contribution is 2.17. The summed E-state index contributed by atoms with van der Waals surface area (Å²) in [6.45, 7) is 0.721. The Morgan fingerprint density at radius 1 is 1.00 bits per heavy atom. The van der Waals surface area contributed by atoms with Crippen molar-refractivity contribution >= 4 is 5.97 Å². The average molecular weight is 272 g/mol. The van der Waals surface area contributed by atoms with E-state index in [0.29, 0.717) is 6.61 Å². The Kier molecular flexibility index (Phi) is 4.74. The molecular formula is C16H16O4. The Hall–Kier alpha value is -2.33. The number of rotatable bonds is 5. The molecule has 0 radical (unpaired) electrons. The Morgan fingerprint density at radius 2 is 1.60 bits per heavy atom. The van der Waals surface area contributed by atoms with Crippen LogP contribution < -0.4 is 0 Å². The van der Waals surface area contributed by atoms with Crippen LogP contribution in [0, 0.1) is 0 Å². The third-order valence-corrected chi connectivity index (χ3v) is 2.83. The number of hydrogen-bond donors (Lipinski definition) is 1. The number of carbonyl (C=O) groups is 1. The topological polar surface area (TPSA) is 55.8 Å². The molecule has 4 heteroatoms. The Bertz CT molecular complexity index is 575. The Balaban J connectivity index is 1.95. The van der Waals surface area contributed by atoms with E-state index in [2.05, 4.69) is 0 Å². The van der Waals surface area contributed by atoms with Crippen molar-refractivity contribution in [2.75, 3.05) is 7.11 Å². The fraction of sp³-hybridized carbons (Fsp3) is 0.188. The predicted octanol–water partition coefficient (Wildman–Crippen LogP) is 2.90. The highest BCUT2D eigenvalue weighted by Gasteiger charge is 2.11. The van der Waals surface area contributed by atoms with Gasteiger partial charge in [-0.2, -0.15) is 0 Å². The second-order valence-electron chi connectivity index (χ2n) is 4.34. The van der Waals surface area contributed by atoms with Gasteiger partial charge in [-0.05, 0) is 23.3 Å². The molecule has 0 saturated carbocycles. The highest BCUT2D eigenvalue weighted by molar-refractivity contribution is 5.92. The maximum absolute atomic E-state index is 11.8. The molecule has 4 nitrogen and oxygen atoms in total. The first-order chi connectivity index (χ1) is 9.70. The third kappa shape index (κ3) is 3.59. The van der Waals surface area contributed by atoms with Gasteiger partial charge in [-0.3, -0.25) is 0 Å². The lowest BCUT2D eigenvalue weighted by atomic mass is 10.1. The normalized spacial score (nSPS) is 10.2. The number of carbonyl (C=O) groups excluding carboxylic acids is 1. The van der Waals surface area contributed by atoms with E-state index < -0.39 is 5.97 Å². The minimum atomic E-state index is -0.538. The molecule has 0 aliphatic rings. The van der Waals surface area contributed by atoms with Crippen LogP contribution in [0.15, 0.2) is 48.5 Å². The Labute approximate surface area is 117 Å². The number of esters is 1. The molecule has 0 spiro atoms. The van der Waals surface area contributed by atoms with Crippen LogP contribution in [-0.4, -0.2) is 18.2 Å². The number of ether oxygens (including phenoxy) is 2. The van der Waals surface area contributed by atoms with Gasteiger partial charge >= 0.3 is 5.97 Å². The van der Waals surface area contributed by atoms with E-state index in [9.17, 15) is 9.90 Å². The number of para-hydroxylation sites is 1. The van der Waals surface area contributed by atoms with E-state index in [1.807, 2.05) is 24.3 Å². The number of aromatic hydroxyl groups is 1. The van der Waals surface area contributed by atoms with Crippen molar-refractivity contribution in [2.45, 2.75) is 13.2 Å². The van der Waals surface area contributed by atoms with E-state index in [4.69, 9.17) is 9.47 Å². The van der Waals surface area contributed by atoms with Gasteiger partial charge in [0, 0.05) is 7.11 Å². The number of phenolic OH excluding ortho intramolecular Hbond substituents is 1. The van der Waals surface area contributed by atoms with E-state index in [0.717, 1.165) is 11.1 Å². The Morgan fingerprint density at radius 3 is 2.20 bits per heavy atom. The van der Waals surface area contributed by atoms with Crippen molar-refractivity contribution in [2.24, 2.45) is 0 Å². The molecule has 20 heavy (non-hydrogen) atoms. The molecule has 0 aliphatic heterocycles. The quantitative estimate of drug-likeness (QED) is 0.850. The molecule has 1 N–H and O–H groups in total. The summed E-state index contributed by atoms with van der Waals surface area (Å²) in [5.74, 6) is -0.614. The SMILES string of the molecule is COCc1ccc(COC(=O)c2ccccc2O)cc1. The molecule has 0 aliphatic carbocycles. The van der Waals surface area contributed by atoms with Crippen LogP contribution in [0.25, 0.3) is 0 Å². The van der Waals surface area contributed by atoms with Crippen LogP contribution in [0.1, 0.15) is 21.5 Å². The predicted molar refractivity (Wildman–Crippen MR) is 74.4 cm³/mol. The van der Waals surface area contributed by atoms with Gasteiger partial charge in [-0.15, -0.1) is 0 Å². The molecule has 2 rings (SSSR count). The molecule has 0 aromatic heterocycles. The van der Waals surface area contributed by atoms with Gasteiger partial charge in [0.2, 0.25) is 0 Å². The maximum Gasteiger partial charge on any atom is 0.342 e. The first-order valence-corrected chi connectivity index (χ1v) is 6.22. The lowest BCUT2D eigenvalue weighted by molar-refractivity contribution is 0.0469.